The Bertz CT molecular complexity index is 400. The van der Waals surface area contributed by atoms with E-state index in [1.807, 2.05) is 0 Å². The summed E-state index contributed by atoms with van der Waals surface area (Å²) in [5.41, 5.74) is 1.91. The smallest absolute Gasteiger partial charge is 0.119 e. The largest absolute Gasteiger partial charge is 0.493 e. The van der Waals surface area contributed by atoms with Crippen molar-refractivity contribution in [3.05, 3.63) is 29.8 Å². The molecule has 20 heavy (non-hydrogen) atoms. The van der Waals surface area contributed by atoms with Gasteiger partial charge in [0.2, 0.25) is 0 Å². The van der Waals surface area contributed by atoms with Crippen LogP contribution >= 0.6 is 15.9 Å². The molecule has 0 fully saturated rings. The molecule has 0 saturated carbocycles. The Balaban J connectivity index is 2.70. The summed E-state index contributed by atoms with van der Waals surface area (Å²) >= 11 is 3.47. The lowest BCUT2D eigenvalue weighted by Gasteiger charge is -2.33. The van der Waals surface area contributed by atoms with E-state index in [4.69, 9.17) is 4.74 Å². The summed E-state index contributed by atoms with van der Waals surface area (Å²) in [6.07, 6.45) is 1.17. The first-order valence-corrected chi connectivity index (χ1v) is 8.55. The van der Waals surface area contributed by atoms with Crippen molar-refractivity contribution in [3.63, 3.8) is 0 Å². The van der Waals surface area contributed by atoms with E-state index in [0.29, 0.717) is 11.3 Å². The highest BCUT2D eigenvalue weighted by molar-refractivity contribution is 9.09. The summed E-state index contributed by atoms with van der Waals surface area (Å²) in [4.78, 5) is 0. The number of ether oxygens (including phenoxy) is 1. The highest BCUT2D eigenvalue weighted by Crippen LogP contribution is 2.36. The number of rotatable bonds is 6. The number of hydrogen-bond donors (Lipinski definition) is 0. The molecule has 114 valence electrons. The molecule has 1 nitrogen and oxygen atoms in total. The van der Waals surface area contributed by atoms with Gasteiger partial charge in [0, 0.05) is 5.33 Å². The summed E-state index contributed by atoms with van der Waals surface area (Å²) in [7, 11) is 0. The molecule has 0 aromatic heterocycles. The third-order valence-electron chi connectivity index (χ3n) is 3.41. The second kappa shape index (κ2) is 6.98. The van der Waals surface area contributed by atoms with Gasteiger partial charge in [-0.1, -0.05) is 69.6 Å². The van der Waals surface area contributed by atoms with Crippen LogP contribution in [-0.2, 0) is 5.41 Å². The number of alkyl halides is 1. The van der Waals surface area contributed by atoms with Gasteiger partial charge in [-0.2, -0.15) is 0 Å². The summed E-state index contributed by atoms with van der Waals surface area (Å²) < 4.78 is 5.80. The Morgan fingerprint density at radius 2 is 1.60 bits per heavy atom. The van der Waals surface area contributed by atoms with E-state index in [0.717, 1.165) is 17.7 Å². The molecule has 1 aromatic rings. The van der Waals surface area contributed by atoms with E-state index in [1.165, 1.54) is 12.0 Å². The van der Waals surface area contributed by atoms with Crippen LogP contribution in [0.25, 0.3) is 0 Å². The zero-order chi connectivity index (χ0) is 15.4. The fraction of sp³-hybridized carbons (Fsp3) is 0.667. The van der Waals surface area contributed by atoms with Gasteiger partial charge >= 0.3 is 0 Å². The van der Waals surface area contributed by atoms with Gasteiger partial charge in [-0.25, -0.2) is 0 Å². The molecule has 0 N–H and O–H groups in total. The van der Waals surface area contributed by atoms with E-state index in [1.54, 1.807) is 0 Å². The van der Waals surface area contributed by atoms with Gasteiger partial charge in [-0.3, -0.25) is 0 Å². The third kappa shape index (κ3) is 5.87. The van der Waals surface area contributed by atoms with E-state index in [2.05, 4.69) is 81.7 Å². The second-order valence-electron chi connectivity index (χ2n) is 7.72. The molecule has 1 unspecified atom stereocenters. The molecule has 0 amide bonds. The Labute approximate surface area is 133 Å². The zero-order valence-electron chi connectivity index (χ0n) is 13.8. The Morgan fingerprint density at radius 3 is 2.05 bits per heavy atom. The molecular weight excluding hydrogens is 312 g/mol. The van der Waals surface area contributed by atoms with E-state index in [9.17, 15) is 0 Å². The van der Waals surface area contributed by atoms with Gasteiger partial charge in [-0.15, -0.1) is 0 Å². The standard InChI is InChI=1S/C18H29BrO/c1-14(11-19)12-20-16-9-7-15(8-10-16)18(5,6)13-17(2,3)4/h7-10,14H,11-13H2,1-6H3. The summed E-state index contributed by atoms with van der Waals surface area (Å²) in [5, 5.41) is 0.976. The lowest BCUT2D eigenvalue weighted by Crippen LogP contribution is -2.24. The van der Waals surface area contributed by atoms with Crippen LogP contribution in [0.2, 0.25) is 0 Å². The molecule has 1 rings (SSSR count). The van der Waals surface area contributed by atoms with Crippen LogP contribution in [0.3, 0.4) is 0 Å². The lowest BCUT2D eigenvalue weighted by atomic mass is 9.72. The number of hydrogen-bond acceptors (Lipinski definition) is 1. The van der Waals surface area contributed by atoms with Crippen molar-refractivity contribution in [2.75, 3.05) is 11.9 Å². The predicted molar refractivity (Wildman–Crippen MR) is 92.0 cm³/mol. The molecule has 1 aromatic carbocycles. The molecule has 0 aliphatic carbocycles. The summed E-state index contributed by atoms with van der Waals surface area (Å²) in [6, 6.07) is 8.61. The maximum absolute atomic E-state index is 5.80. The Hall–Kier alpha value is -0.500. The quantitative estimate of drug-likeness (QED) is 0.593. The lowest BCUT2D eigenvalue weighted by molar-refractivity contribution is 0.272. The van der Waals surface area contributed by atoms with Gasteiger partial charge < -0.3 is 4.74 Å². The van der Waals surface area contributed by atoms with E-state index < -0.39 is 0 Å². The van der Waals surface area contributed by atoms with Crippen molar-refractivity contribution in [1.82, 2.24) is 0 Å². The van der Waals surface area contributed by atoms with Crippen molar-refractivity contribution in [2.24, 2.45) is 11.3 Å². The minimum atomic E-state index is 0.194. The van der Waals surface area contributed by atoms with Crippen LogP contribution in [0.4, 0.5) is 0 Å². The van der Waals surface area contributed by atoms with Crippen LogP contribution < -0.4 is 4.74 Å². The zero-order valence-corrected chi connectivity index (χ0v) is 15.4. The van der Waals surface area contributed by atoms with Crippen molar-refractivity contribution >= 4 is 15.9 Å². The van der Waals surface area contributed by atoms with Gasteiger partial charge in [-0.05, 0) is 40.9 Å². The first-order chi connectivity index (χ1) is 9.14. The Morgan fingerprint density at radius 1 is 1.05 bits per heavy atom. The van der Waals surface area contributed by atoms with Crippen LogP contribution in [0, 0.1) is 11.3 Å². The summed E-state index contributed by atoms with van der Waals surface area (Å²) in [6.45, 7) is 14.5. The third-order valence-corrected chi connectivity index (χ3v) is 4.51. The molecule has 2 heteroatoms. The van der Waals surface area contributed by atoms with Crippen LogP contribution in [0.15, 0.2) is 24.3 Å². The van der Waals surface area contributed by atoms with Crippen LogP contribution in [0.5, 0.6) is 5.75 Å². The van der Waals surface area contributed by atoms with Gasteiger partial charge in [0.1, 0.15) is 5.75 Å². The molecule has 0 bridgehead atoms. The normalized spacial score (nSPS) is 14.2. The first kappa shape index (κ1) is 17.6. The molecule has 0 heterocycles. The Kier molecular flexibility index (Phi) is 6.12. The average molecular weight is 341 g/mol. The molecule has 0 spiro atoms. The van der Waals surface area contributed by atoms with Crippen molar-refractivity contribution in [3.8, 4) is 5.75 Å². The summed E-state index contributed by atoms with van der Waals surface area (Å²) in [5.74, 6) is 1.50. The van der Waals surface area contributed by atoms with Gasteiger partial charge in [0.05, 0.1) is 6.61 Å². The van der Waals surface area contributed by atoms with Crippen molar-refractivity contribution in [1.29, 1.82) is 0 Å². The van der Waals surface area contributed by atoms with Crippen molar-refractivity contribution < 1.29 is 4.74 Å². The number of halogens is 1. The maximum atomic E-state index is 5.80. The van der Waals surface area contributed by atoms with Gasteiger partial charge in [0.25, 0.3) is 0 Å². The predicted octanol–water partition coefficient (Wildman–Crippen LogP) is 5.81. The fourth-order valence-corrected chi connectivity index (χ4v) is 2.90. The monoisotopic (exact) mass is 340 g/mol. The fourth-order valence-electron chi connectivity index (χ4n) is 2.71. The van der Waals surface area contributed by atoms with E-state index >= 15 is 0 Å². The minimum Gasteiger partial charge on any atom is -0.493 e. The molecule has 0 aliphatic rings. The maximum Gasteiger partial charge on any atom is 0.119 e. The molecule has 0 radical (unpaired) electrons. The molecular formula is C18H29BrO. The highest BCUT2D eigenvalue weighted by atomic mass is 79.9. The second-order valence-corrected chi connectivity index (χ2v) is 8.36. The van der Waals surface area contributed by atoms with Crippen molar-refractivity contribution in [2.45, 2.75) is 53.4 Å². The molecule has 1 atom stereocenters. The van der Waals surface area contributed by atoms with Crippen LogP contribution in [0.1, 0.15) is 53.5 Å². The highest BCUT2D eigenvalue weighted by Gasteiger charge is 2.27. The van der Waals surface area contributed by atoms with E-state index in [-0.39, 0.29) is 5.41 Å². The topological polar surface area (TPSA) is 9.23 Å². The number of benzene rings is 1. The molecule has 0 saturated heterocycles. The first-order valence-electron chi connectivity index (χ1n) is 7.43. The molecule has 0 aliphatic heterocycles. The average Bonchev–Trinajstić information content (AvgIpc) is 2.33. The SMILES string of the molecule is CC(CBr)COc1ccc(C(C)(C)CC(C)(C)C)cc1. The van der Waals surface area contributed by atoms with Crippen LogP contribution in [-0.4, -0.2) is 11.9 Å². The van der Waals surface area contributed by atoms with Gasteiger partial charge in [0.15, 0.2) is 0 Å². The minimum absolute atomic E-state index is 0.194.